The van der Waals surface area contributed by atoms with E-state index in [0.29, 0.717) is 37.4 Å². The molecule has 2 aromatic rings. The highest BCUT2D eigenvalue weighted by Crippen LogP contribution is 2.47. The van der Waals surface area contributed by atoms with Crippen LogP contribution in [0.15, 0.2) is 36.7 Å². The fraction of sp³-hybridized carbons (Fsp3) is 0.429. The van der Waals surface area contributed by atoms with E-state index in [1.54, 1.807) is 12.1 Å². The van der Waals surface area contributed by atoms with Gasteiger partial charge >= 0.3 is 0 Å². The molecule has 1 amide bonds. The number of anilines is 1. The Morgan fingerprint density at radius 3 is 2.79 bits per heavy atom. The van der Waals surface area contributed by atoms with Crippen molar-refractivity contribution in [3.8, 4) is 6.07 Å². The van der Waals surface area contributed by atoms with Gasteiger partial charge in [0.1, 0.15) is 36.0 Å². The average Bonchev–Trinajstić information content (AvgIpc) is 3.27. The van der Waals surface area contributed by atoms with Crippen molar-refractivity contribution < 1.29 is 13.9 Å². The molecule has 0 saturated carbocycles. The standard InChI is InChI=1S/C21H20FN5O2/c22-15-3-1-2-14(10-15)17-4-5-19-27(17)20(28)21(29-19)6-8-26(9-7-21)18-11-16(12-23)24-13-25-18/h1-3,10-11,13,17,19H,4-9H2/t17-,19+/m0/s1. The Bertz CT molecular complexity index is 999. The molecular formula is C21H20FN5O2. The van der Waals surface area contributed by atoms with Crippen LogP contribution in [-0.4, -0.2) is 45.7 Å². The van der Waals surface area contributed by atoms with Gasteiger partial charge in [0.05, 0.1) is 6.04 Å². The van der Waals surface area contributed by atoms with Crippen molar-refractivity contribution in [1.82, 2.24) is 14.9 Å². The minimum Gasteiger partial charge on any atom is -0.356 e. The minimum absolute atomic E-state index is 0.00862. The van der Waals surface area contributed by atoms with Crippen molar-refractivity contribution >= 4 is 11.7 Å². The molecule has 1 aromatic carbocycles. The van der Waals surface area contributed by atoms with E-state index in [9.17, 15) is 9.18 Å². The van der Waals surface area contributed by atoms with Crippen molar-refractivity contribution in [2.75, 3.05) is 18.0 Å². The van der Waals surface area contributed by atoms with Crippen LogP contribution in [0.4, 0.5) is 10.2 Å². The van der Waals surface area contributed by atoms with Crippen molar-refractivity contribution in [2.45, 2.75) is 43.6 Å². The molecule has 3 aliphatic rings. The number of piperidine rings is 1. The zero-order chi connectivity index (χ0) is 20.0. The predicted octanol–water partition coefficient (Wildman–Crippen LogP) is 2.55. The molecule has 3 fully saturated rings. The van der Waals surface area contributed by atoms with Gasteiger partial charge < -0.3 is 14.5 Å². The number of hydrogen-bond donors (Lipinski definition) is 0. The smallest absolute Gasteiger partial charge is 0.257 e. The molecule has 0 bridgehead atoms. The van der Waals surface area contributed by atoms with Gasteiger partial charge in [0.2, 0.25) is 0 Å². The van der Waals surface area contributed by atoms with E-state index in [1.165, 1.54) is 18.5 Å². The first-order chi connectivity index (χ1) is 14.1. The molecule has 8 heteroatoms. The molecule has 0 radical (unpaired) electrons. The molecular weight excluding hydrogens is 373 g/mol. The van der Waals surface area contributed by atoms with Crippen LogP contribution in [0.3, 0.4) is 0 Å². The second-order valence-corrected chi connectivity index (χ2v) is 7.79. The van der Waals surface area contributed by atoms with Gasteiger partial charge in [0.15, 0.2) is 5.60 Å². The molecule has 5 rings (SSSR count). The topological polar surface area (TPSA) is 82.4 Å². The zero-order valence-electron chi connectivity index (χ0n) is 15.8. The van der Waals surface area contributed by atoms with Crippen LogP contribution in [-0.2, 0) is 9.53 Å². The molecule has 148 valence electrons. The van der Waals surface area contributed by atoms with Gasteiger partial charge in [-0.1, -0.05) is 12.1 Å². The maximum absolute atomic E-state index is 13.7. The van der Waals surface area contributed by atoms with Crippen LogP contribution in [0.2, 0.25) is 0 Å². The lowest BCUT2D eigenvalue weighted by atomic mass is 9.89. The largest absolute Gasteiger partial charge is 0.356 e. The Morgan fingerprint density at radius 1 is 1.21 bits per heavy atom. The molecule has 3 saturated heterocycles. The van der Waals surface area contributed by atoms with E-state index in [4.69, 9.17) is 10.00 Å². The number of nitriles is 1. The summed E-state index contributed by atoms with van der Waals surface area (Å²) in [7, 11) is 0. The Morgan fingerprint density at radius 2 is 2.03 bits per heavy atom. The first-order valence-corrected chi connectivity index (χ1v) is 9.83. The summed E-state index contributed by atoms with van der Waals surface area (Å²) in [6.07, 6.45) is 3.79. The lowest BCUT2D eigenvalue weighted by Crippen LogP contribution is -2.50. The molecule has 1 aromatic heterocycles. The first-order valence-electron chi connectivity index (χ1n) is 9.83. The number of carbonyl (C=O) groups excluding carboxylic acids is 1. The summed E-state index contributed by atoms with van der Waals surface area (Å²) in [6.45, 7) is 1.22. The second kappa shape index (κ2) is 6.78. The Balaban J connectivity index is 1.33. The summed E-state index contributed by atoms with van der Waals surface area (Å²) >= 11 is 0. The summed E-state index contributed by atoms with van der Waals surface area (Å²) in [4.78, 5) is 25.4. The number of rotatable bonds is 2. The number of carbonyl (C=O) groups is 1. The summed E-state index contributed by atoms with van der Waals surface area (Å²) in [6, 6.07) is 10.0. The maximum atomic E-state index is 13.7. The molecule has 7 nitrogen and oxygen atoms in total. The van der Waals surface area contributed by atoms with Gasteiger partial charge in [0.25, 0.3) is 5.91 Å². The number of hydrogen-bond acceptors (Lipinski definition) is 6. The van der Waals surface area contributed by atoms with Crippen LogP contribution >= 0.6 is 0 Å². The lowest BCUT2D eigenvalue weighted by Gasteiger charge is -2.38. The summed E-state index contributed by atoms with van der Waals surface area (Å²) in [5.74, 6) is 0.410. The third-order valence-corrected chi connectivity index (χ3v) is 6.21. The molecule has 29 heavy (non-hydrogen) atoms. The van der Waals surface area contributed by atoms with E-state index >= 15 is 0 Å². The van der Waals surface area contributed by atoms with E-state index < -0.39 is 5.60 Å². The van der Waals surface area contributed by atoms with Crippen LogP contribution < -0.4 is 4.90 Å². The second-order valence-electron chi connectivity index (χ2n) is 7.79. The number of halogens is 1. The van der Waals surface area contributed by atoms with Crippen LogP contribution in [0, 0.1) is 17.1 Å². The van der Waals surface area contributed by atoms with Gasteiger partial charge in [-0.05, 0) is 30.5 Å². The van der Waals surface area contributed by atoms with Gasteiger partial charge in [-0.15, -0.1) is 0 Å². The van der Waals surface area contributed by atoms with Crippen LogP contribution in [0.5, 0.6) is 0 Å². The van der Waals surface area contributed by atoms with Crippen LogP contribution in [0.1, 0.15) is 43.0 Å². The third-order valence-electron chi connectivity index (χ3n) is 6.21. The van der Waals surface area contributed by atoms with E-state index in [1.807, 2.05) is 17.0 Å². The zero-order valence-corrected chi connectivity index (χ0v) is 15.8. The van der Waals surface area contributed by atoms with Gasteiger partial charge in [-0.3, -0.25) is 4.79 Å². The Labute approximate surface area is 167 Å². The number of benzene rings is 1. The van der Waals surface area contributed by atoms with Crippen LogP contribution in [0.25, 0.3) is 0 Å². The number of nitrogens with zero attached hydrogens (tertiary/aromatic N) is 5. The van der Waals surface area contributed by atoms with E-state index in [-0.39, 0.29) is 24.0 Å². The van der Waals surface area contributed by atoms with E-state index in [2.05, 4.69) is 14.9 Å². The maximum Gasteiger partial charge on any atom is 0.257 e. The molecule has 3 aliphatic heterocycles. The summed E-state index contributed by atoms with van der Waals surface area (Å²) in [5.41, 5.74) is 0.323. The average molecular weight is 393 g/mol. The number of amides is 1. The highest BCUT2D eigenvalue weighted by molar-refractivity contribution is 5.88. The van der Waals surface area contributed by atoms with Gasteiger partial charge in [-0.2, -0.15) is 5.26 Å². The Kier molecular flexibility index (Phi) is 4.21. The van der Waals surface area contributed by atoms with Crippen molar-refractivity contribution in [2.24, 2.45) is 0 Å². The number of ether oxygens (including phenoxy) is 1. The first kappa shape index (κ1) is 18.0. The molecule has 0 unspecified atom stereocenters. The Hall–Kier alpha value is -3.05. The van der Waals surface area contributed by atoms with Gasteiger partial charge in [-0.25, -0.2) is 14.4 Å². The molecule has 2 atom stereocenters. The number of fused-ring (bicyclic) bond motifs is 1. The van der Waals surface area contributed by atoms with Gasteiger partial charge in [0, 0.05) is 32.0 Å². The summed E-state index contributed by atoms with van der Waals surface area (Å²) in [5, 5.41) is 9.04. The SMILES string of the molecule is N#Cc1cc(N2CCC3(CC2)O[C@@H]2CC[C@@H](c4cccc(F)c4)N2C3=O)ncn1. The molecule has 0 aliphatic carbocycles. The minimum atomic E-state index is -0.821. The molecule has 0 N–H and O–H groups in total. The highest BCUT2D eigenvalue weighted by Gasteiger charge is 2.58. The van der Waals surface area contributed by atoms with Crippen molar-refractivity contribution in [3.63, 3.8) is 0 Å². The normalized spacial score (nSPS) is 25.3. The van der Waals surface area contributed by atoms with Crippen molar-refractivity contribution in [3.05, 3.63) is 53.7 Å². The van der Waals surface area contributed by atoms with E-state index in [0.717, 1.165) is 18.4 Å². The quantitative estimate of drug-likeness (QED) is 0.780. The van der Waals surface area contributed by atoms with Crippen molar-refractivity contribution in [1.29, 1.82) is 5.26 Å². The fourth-order valence-corrected chi connectivity index (χ4v) is 4.76. The summed E-state index contributed by atoms with van der Waals surface area (Å²) < 4.78 is 20.0. The number of aromatic nitrogens is 2. The highest BCUT2D eigenvalue weighted by atomic mass is 19.1. The monoisotopic (exact) mass is 393 g/mol. The predicted molar refractivity (Wildman–Crippen MR) is 101 cm³/mol. The third kappa shape index (κ3) is 2.93. The molecule has 4 heterocycles. The lowest BCUT2D eigenvalue weighted by molar-refractivity contribution is -0.140. The fourth-order valence-electron chi connectivity index (χ4n) is 4.76. The molecule has 1 spiro atoms.